The van der Waals surface area contributed by atoms with Crippen molar-refractivity contribution < 1.29 is 4.74 Å². The fraction of sp³-hybridized carbons (Fsp3) is 0.500. The van der Waals surface area contributed by atoms with E-state index in [1.807, 2.05) is 12.1 Å². The van der Waals surface area contributed by atoms with Crippen LogP contribution in [0.4, 0.5) is 0 Å². The first-order valence-electron chi connectivity index (χ1n) is 5.41. The second-order valence-electron chi connectivity index (χ2n) is 3.62. The van der Waals surface area contributed by atoms with Gasteiger partial charge in [0.2, 0.25) is 0 Å². The zero-order chi connectivity index (χ0) is 12.0. The number of methoxy groups -OCH3 is 1. The monoisotopic (exact) mass is 261 g/mol. The summed E-state index contributed by atoms with van der Waals surface area (Å²) in [7, 11) is 1.56. The van der Waals surface area contributed by atoms with Gasteiger partial charge in [0.05, 0.1) is 17.2 Å². The Morgan fingerprint density at radius 2 is 1.88 bits per heavy atom. The quantitative estimate of drug-likeness (QED) is 0.785. The number of rotatable bonds is 6. The zero-order valence-corrected chi connectivity index (χ0v) is 11.2. The van der Waals surface area contributed by atoms with Crippen molar-refractivity contribution in [3.63, 3.8) is 0 Å². The van der Waals surface area contributed by atoms with Crippen molar-refractivity contribution in [1.82, 2.24) is 5.32 Å². The van der Waals surface area contributed by atoms with Crippen LogP contribution in [0, 0.1) is 0 Å². The topological polar surface area (TPSA) is 21.3 Å². The molecule has 1 rings (SSSR count). The third kappa shape index (κ3) is 3.85. The Bertz CT molecular complexity index is 319. The highest BCUT2D eigenvalue weighted by atomic mass is 35.5. The first-order valence-corrected chi connectivity index (χ1v) is 6.17. The third-order valence-corrected chi connectivity index (χ3v) is 2.86. The SMILES string of the molecule is CCCCNCc1cc(Cl)c(OC)c(Cl)c1. The smallest absolute Gasteiger partial charge is 0.156 e. The highest BCUT2D eigenvalue weighted by Crippen LogP contribution is 2.33. The summed E-state index contributed by atoms with van der Waals surface area (Å²) < 4.78 is 5.09. The van der Waals surface area contributed by atoms with Gasteiger partial charge in [-0.25, -0.2) is 0 Å². The Hall–Kier alpha value is -0.440. The predicted octanol–water partition coefficient (Wildman–Crippen LogP) is 3.89. The molecule has 4 heteroatoms. The molecule has 0 atom stereocenters. The molecule has 0 spiro atoms. The van der Waals surface area contributed by atoms with Crippen LogP contribution in [0.1, 0.15) is 25.3 Å². The molecule has 0 heterocycles. The number of halogens is 2. The van der Waals surface area contributed by atoms with E-state index in [0.29, 0.717) is 15.8 Å². The maximum absolute atomic E-state index is 6.04. The summed E-state index contributed by atoms with van der Waals surface area (Å²) in [5.74, 6) is 0.542. The molecule has 0 aliphatic rings. The van der Waals surface area contributed by atoms with E-state index in [9.17, 15) is 0 Å². The predicted molar refractivity (Wildman–Crippen MR) is 69.6 cm³/mol. The Kier molecular flexibility index (Phi) is 5.96. The van der Waals surface area contributed by atoms with Crippen molar-refractivity contribution in [1.29, 1.82) is 0 Å². The molecular weight excluding hydrogens is 245 g/mol. The minimum atomic E-state index is 0.542. The number of unbranched alkanes of at least 4 members (excludes halogenated alkanes) is 1. The van der Waals surface area contributed by atoms with Gasteiger partial charge in [-0.3, -0.25) is 0 Å². The lowest BCUT2D eigenvalue weighted by molar-refractivity contribution is 0.415. The minimum Gasteiger partial charge on any atom is -0.494 e. The van der Waals surface area contributed by atoms with Gasteiger partial charge in [-0.05, 0) is 30.7 Å². The number of ether oxygens (including phenoxy) is 1. The molecule has 16 heavy (non-hydrogen) atoms. The molecule has 0 amide bonds. The summed E-state index contributed by atoms with van der Waals surface area (Å²) in [6, 6.07) is 3.76. The van der Waals surface area contributed by atoms with E-state index in [2.05, 4.69) is 12.2 Å². The second-order valence-corrected chi connectivity index (χ2v) is 4.44. The third-order valence-electron chi connectivity index (χ3n) is 2.30. The largest absolute Gasteiger partial charge is 0.494 e. The van der Waals surface area contributed by atoms with Crippen LogP contribution in [0.5, 0.6) is 5.75 Å². The van der Waals surface area contributed by atoms with Crippen LogP contribution in [-0.2, 0) is 6.54 Å². The van der Waals surface area contributed by atoms with Crippen LogP contribution in [0.2, 0.25) is 10.0 Å². The van der Waals surface area contributed by atoms with Crippen molar-refractivity contribution in [2.24, 2.45) is 0 Å². The summed E-state index contributed by atoms with van der Waals surface area (Å²) in [5, 5.41) is 4.45. The average Bonchev–Trinajstić information content (AvgIpc) is 2.24. The van der Waals surface area contributed by atoms with Gasteiger partial charge >= 0.3 is 0 Å². The van der Waals surface area contributed by atoms with Gasteiger partial charge in [0.25, 0.3) is 0 Å². The van der Waals surface area contributed by atoms with E-state index >= 15 is 0 Å². The summed E-state index contributed by atoms with van der Waals surface area (Å²) >= 11 is 12.1. The maximum Gasteiger partial charge on any atom is 0.156 e. The molecule has 0 aromatic heterocycles. The second kappa shape index (κ2) is 7.00. The molecule has 0 bridgehead atoms. The van der Waals surface area contributed by atoms with Crippen LogP contribution in [0.25, 0.3) is 0 Å². The Morgan fingerprint density at radius 3 is 2.38 bits per heavy atom. The van der Waals surface area contributed by atoms with Crippen LogP contribution >= 0.6 is 23.2 Å². The summed E-state index contributed by atoms with van der Waals surface area (Å²) in [5.41, 5.74) is 1.08. The number of hydrogen-bond donors (Lipinski definition) is 1. The van der Waals surface area contributed by atoms with Crippen LogP contribution in [0.15, 0.2) is 12.1 Å². The number of benzene rings is 1. The van der Waals surface area contributed by atoms with Crippen molar-refractivity contribution >= 4 is 23.2 Å². The van der Waals surface area contributed by atoms with Crippen LogP contribution in [0.3, 0.4) is 0 Å². The van der Waals surface area contributed by atoms with Gasteiger partial charge in [-0.15, -0.1) is 0 Å². The molecule has 90 valence electrons. The molecular formula is C12H17Cl2NO. The van der Waals surface area contributed by atoms with E-state index in [0.717, 1.165) is 18.7 Å². The first kappa shape index (κ1) is 13.6. The van der Waals surface area contributed by atoms with E-state index in [1.165, 1.54) is 12.8 Å². The lowest BCUT2D eigenvalue weighted by Gasteiger charge is -2.09. The summed E-state index contributed by atoms with van der Waals surface area (Å²) in [6.07, 6.45) is 2.37. The molecule has 0 saturated carbocycles. The van der Waals surface area contributed by atoms with Crippen molar-refractivity contribution in [2.75, 3.05) is 13.7 Å². The Balaban J connectivity index is 2.61. The van der Waals surface area contributed by atoms with Crippen molar-refractivity contribution in [3.8, 4) is 5.75 Å². The van der Waals surface area contributed by atoms with Gasteiger partial charge in [-0.1, -0.05) is 36.5 Å². The van der Waals surface area contributed by atoms with Gasteiger partial charge in [0, 0.05) is 6.54 Å². The minimum absolute atomic E-state index is 0.542. The van der Waals surface area contributed by atoms with E-state index < -0.39 is 0 Å². The molecule has 0 radical (unpaired) electrons. The fourth-order valence-corrected chi connectivity index (χ4v) is 2.13. The van der Waals surface area contributed by atoms with Gasteiger partial charge in [0.1, 0.15) is 0 Å². The van der Waals surface area contributed by atoms with Crippen LogP contribution in [-0.4, -0.2) is 13.7 Å². The van der Waals surface area contributed by atoms with E-state index in [4.69, 9.17) is 27.9 Å². The average molecular weight is 262 g/mol. The molecule has 0 aliphatic heterocycles. The van der Waals surface area contributed by atoms with Gasteiger partial charge in [0.15, 0.2) is 5.75 Å². The Morgan fingerprint density at radius 1 is 1.25 bits per heavy atom. The highest BCUT2D eigenvalue weighted by Gasteiger charge is 2.07. The van der Waals surface area contributed by atoms with E-state index in [-0.39, 0.29) is 0 Å². The number of nitrogens with one attached hydrogen (secondary N) is 1. The van der Waals surface area contributed by atoms with E-state index in [1.54, 1.807) is 7.11 Å². The molecule has 0 saturated heterocycles. The number of hydrogen-bond acceptors (Lipinski definition) is 2. The molecule has 0 unspecified atom stereocenters. The molecule has 1 aromatic rings. The zero-order valence-electron chi connectivity index (χ0n) is 9.65. The van der Waals surface area contributed by atoms with Crippen molar-refractivity contribution in [2.45, 2.75) is 26.3 Å². The molecule has 0 aliphatic carbocycles. The summed E-state index contributed by atoms with van der Waals surface area (Å²) in [4.78, 5) is 0. The first-order chi connectivity index (χ1) is 7.69. The van der Waals surface area contributed by atoms with Gasteiger partial charge in [-0.2, -0.15) is 0 Å². The molecule has 0 fully saturated rings. The van der Waals surface area contributed by atoms with Crippen molar-refractivity contribution in [3.05, 3.63) is 27.7 Å². The van der Waals surface area contributed by atoms with Crippen LogP contribution < -0.4 is 10.1 Å². The molecule has 1 N–H and O–H groups in total. The standard InChI is InChI=1S/C12H17Cl2NO/c1-3-4-5-15-8-9-6-10(13)12(16-2)11(14)7-9/h6-7,15H,3-5,8H2,1-2H3. The maximum atomic E-state index is 6.04. The molecule has 2 nitrogen and oxygen atoms in total. The lowest BCUT2D eigenvalue weighted by Crippen LogP contribution is -2.14. The highest BCUT2D eigenvalue weighted by molar-refractivity contribution is 6.37. The molecule has 1 aromatic carbocycles. The van der Waals surface area contributed by atoms with Gasteiger partial charge < -0.3 is 10.1 Å². The lowest BCUT2D eigenvalue weighted by atomic mass is 10.2. The Labute approximate surface area is 107 Å². The normalized spacial score (nSPS) is 10.5. The summed E-state index contributed by atoms with van der Waals surface area (Å²) in [6.45, 7) is 3.96. The fourth-order valence-electron chi connectivity index (χ4n) is 1.44.